The van der Waals surface area contributed by atoms with Crippen LogP contribution in [0.15, 0.2) is 18.2 Å². The van der Waals surface area contributed by atoms with Crippen LogP contribution in [0.1, 0.15) is 23.2 Å². The Morgan fingerprint density at radius 2 is 1.94 bits per heavy atom. The smallest absolute Gasteiger partial charge is 0.286 e. The van der Waals surface area contributed by atoms with Gasteiger partial charge in [0.05, 0.1) is 5.56 Å². The van der Waals surface area contributed by atoms with Crippen molar-refractivity contribution in [2.75, 3.05) is 0 Å². The third kappa shape index (κ3) is 2.80. The van der Waals surface area contributed by atoms with Crippen molar-refractivity contribution in [2.24, 2.45) is 0 Å². The number of Topliss-reactive ketones (excluding diaryl/α,β-unsaturated/α-hetero) is 1. The molecule has 0 radical (unpaired) electrons. The molecule has 0 bridgehead atoms. The van der Waals surface area contributed by atoms with E-state index in [-0.39, 0.29) is 17.0 Å². The molecule has 0 aliphatic heterocycles. The molecule has 0 saturated heterocycles. The van der Waals surface area contributed by atoms with Crippen molar-refractivity contribution >= 4 is 17.5 Å². The van der Waals surface area contributed by atoms with Crippen LogP contribution in [-0.2, 0) is 0 Å². The first kappa shape index (κ1) is 12.4. The lowest BCUT2D eigenvalue weighted by atomic mass is 10.1. The summed E-state index contributed by atoms with van der Waals surface area (Å²) >= 11 is 0.240. The third-order valence-corrected chi connectivity index (χ3v) is 3.57. The van der Waals surface area contributed by atoms with Gasteiger partial charge in [-0.3, -0.25) is 4.79 Å². The average molecular weight is 264 g/mol. The zero-order valence-corrected chi connectivity index (χ0v) is 9.37. The van der Waals surface area contributed by atoms with Crippen molar-refractivity contribution in [3.63, 3.8) is 0 Å². The van der Waals surface area contributed by atoms with Gasteiger partial charge in [-0.1, -0.05) is 11.8 Å². The SMILES string of the molecule is O=C(c1ccc(F)cc1F)C(F)(F)SC1CC1. The molecule has 0 amide bonds. The Bertz CT molecular complexity index is 457. The molecule has 1 aromatic rings. The maximum atomic E-state index is 13.4. The number of thioether (sulfide) groups is 1. The van der Waals surface area contributed by atoms with Crippen LogP contribution in [0.3, 0.4) is 0 Å². The van der Waals surface area contributed by atoms with E-state index in [1.807, 2.05) is 0 Å². The average Bonchev–Trinajstić information content (AvgIpc) is 3.00. The minimum atomic E-state index is -3.65. The van der Waals surface area contributed by atoms with E-state index in [1.54, 1.807) is 0 Å². The summed E-state index contributed by atoms with van der Waals surface area (Å²) in [7, 11) is 0. The summed E-state index contributed by atoms with van der Waals surface area (Å²) < 4.78 is 52.6. The molecule has 6 heteroatoms. The van der Waals surface area contributed by atoms with Crippen LogP contribution in [0.5, 0.6) is 0 Å². The molecule has 0 unspecified atom stereocenters. The molecular weight excluding hydrogens is 256 g/mol. The lowest BCUT2D eigenvalue weighted by Gasteiger charge is -2.14. The number of halogens is 4. The monoisotopic (exact) mass is 264 g/mol. The summed E-state index contributed by atoms with van der Waals surface area (Å²) in [5.41, 5.74) is -0.774. The number of carbonyl (C=O) groups is 1. The van der Waals surface area contributed by atoms with Gasteiger partial charge in [0.2, 0.25) is 5.78 Å². The van der Waals surface area contributed by atoms with Gasteiger partial charge < -0.3 is 0 Å². The number of carbonyl (C=O) groups excluding carboxylic acids is 1. The van der Waals surface area contributed by atoms with Crippen LogP contribution >= 0.6 is 11.8 Å². The number of hydrogen-bond acceptors (Lipinski definition) is 2. The Labute approximate surface area is 99.2 Å². The molecule has 1 aliphatic rings. The quantitative estimate of drug-likeness (QED) is 0.610. The maximum Gasteiger partial charge on any atom is 0.356 e. The van der Waals surface area contributed by atoms with E-state index in [0.29, 0.717) is 18.9 Å². The van der Waals surface area contributed by atoms with Crippen molar-refractivity contribution in [3.8, 4) is 0 Å². The molecule has 0 N–H and O–H groups in total. The van der Waals surface area contributed by atoms with E-state index in [9.17, 15) is 22.4 Å². The largest absolute Gasteiger partial charge is 0.356 e. The van der Waals surface area contributed by atoms with Crippen LogP contribution in [0.4, 0.5) is 17.6 Å². The first-order valence-electron chi connectivity index (χ1n) is 4.95. The van der Waals surface area contributed by atoms with Crippen LogP contribution in [0.2, 0.25) is 0 Å². The predicted molar refractivity (Wildman–Crippen MR) is 56.2 cm³/mol. The Balaban J connectivity index is 2.22. The zero-order chi connectivity index (χ0) is 12.6. The van der Waals surface area contributed by atoms with Gasteiger partial charge >= 0.3 is 5.25 Å². The van der Waals surface area contributed by atoms with Crippen LogP contribution in [0.25, 0.3) is 0 Å². The van der Waals surface area contributed by atoms with Gasteiger partial charge in [0.1, 0.15) is 11.6 Å². The van der Waals surface area contributed by atoms with Crippen molar-refractivity contribution < 1.29 is 22.4 Å². The molecule has 1 nitrogen and oxygen atoms in total. The predicted octanol–water partition coefficient (Wildman–Crippen LogP) is 3.64. The zero-order valence-electron chi connectivity index (χ0n) is 8.55. The Kier molecular flexibility index (Phi) is 3.16. The van der Waals surface area contributed by atoms with Gasteiger partial charge in [-0.05, 0) is 25.0 Å². The minimum absolute atomic E-state index is 0.238. The molecule has 1 fully saturated rings. The van der Waals surface area contributed by atoms with Gasteiger partial charge in [0, 0.05) is 11.3 Å². The molecule has 0 atom stereocenters. The second-order valence-electron chi connectivity index (χ2n) is 3.79. The van der Waals surface area contributed by atoms with Gasteiger partial charge in [-0.2, -0.15) is 8.78 Å². The first-order valence-corrected chi connectivity index (χ1v) is 5.83. The molecule has 17 heavy (non-hydrogen) atoms. The first-order chi connectivity index (χ1) is 7.90. The van der Waals surface area contributed by atoms with E-state index in [2.05, 4.69) is 0 Å². The molecule has 2 rings (SSSR count). The fourth-order valence-corrected chi connectivity index (χ4v) is 2.29. The van der Waals surface area contributed by atoms with Crippen molar-refractivity contribution in [1.29, 1.82) is 0 Å². The van der Waals surface area contributed by atoms with Crippen LogP contribution < -0.4 is 0 Å². The van der Waals surface area contributed by atoms with E-state index >= 15 is 0 Å². The summed E-state index contributed by atoms with van der Waals surface area (Å²) in [4.78, 5) is 11.4. The summed E-state index contributed by atoms with van der Waals surface area (Å²) in [5.74, 6) is -3.77. The highest BCUT2D eigenvalue weighted by Crippen LogP contribution is 2.45. The van der Waals surface area contributed by atoms with Crippen LogP contribution in [0, 0.1) is 11.6 Å². The molecule has 92 valence electrons. The van der Waals surface area contributed by atoms with Gasteiger partial charge in [0.25, 0.3) is 0 Å². The van der Waals surface area contributed by atoms with E-state index < -0.39 is 28.2 Å². The van der Waals surface area contributed by atoms with E-state index in [4.69, 9.17) is 0 Å². The van der Waals surface area contributed by atoms with Crippen molar-refractivity contribution in [2.45, 2.75) is 23.3 Å². The molecule has 0 heterocycles. The van der Waals surface area contributed by atoms with Crippen molar-refractivity contribution in [3.05, 3.63) is 35.4 Å². The fraction of sp³-hybridized carbons (Fsp3) is 0.364. The highest BCUT2D eigenvalue weighted by Gasteiger charge is 2.45. The highest BCUT2D eigenvalue weighted by molar-refractivity contribution is 8.01. The molecule has 1 saturated carbocycles. The number of ketones is 1. The van der Waals surface area contributed by atoms with Crippen molar-refractivity contribution in [1.82, 2.24) is 0 Å². The molecule has 1 aliphatic carbocycles. The minimum Gasteiger partial charge on any atom is -0.286 e. The summed E-state index contributed by atoms with van der Waals surface area (Å²) in [6.07, 6.45) is 1.28. The van der Waals surface area contributed by atoms with Crippen LogP contribution in [-0.4, -0.2) is 16.3 Å². The van der Waals surface area contributed by atoms with Gasteiger partial charge in [-0.25, -0.2) is 8.78 Å². The highest BCUT2D eigenvalue weighted by atomic mass is 32.2. The second kappa shape index (κ2) is 4.33. The second-order valence-corrected chi connectivity index (χ2v) is 5.20. The standard InChI is InChI=1S/C11H8F4OS/c12-6-1-4-8(9(13)5-6)10(16)11(14,15)17-7-2-3-7/h1,4-5,7H,2-3H2. The number of benzene rings is 1. The lowest BCUT2D eigenvalue weighted by Crippen LogP contribution is -2.26. The summed E-state index contributed by atoms with van der Waals surface area (Å²) in [6.45, 7) is 0. The molecular formula is C11H8F4OS. The topological polar surface area (TPSA) is 17.1 Å². The Morgan fingerprint density at radius 3 is 2.47 bits per heavy atom. The molecule has 0 spiro atoms. The van der Waals surface area contributed by atoms with Gasteiger partial charge in [-0.15, -0.1) is 0 Å². The lowest BCUT2D eigenvalue weighted by molar-refractivity contribution is 0.0561. The Hall–Kier alpha value is -1.04. The molecule has 1 aromatic carbocycles. The maximum absolute atomic E-state index is 13.4. The van der Waals surface area contributed by atoms with E-state index in [1.165, 1.54) is 0 Å². The summed E-state index contributed by atoms with van der Waals surface area (Å²) in [5, 5.41) is -3.89. The molecule has 0 aromatic heterocycles. The number of hydrogen-bond donors (Lipinski definition) is 0. The van der Waals surface area contributed by atoms with E-state index in [0.717, 1.165) is 12.1 Å². The number of alkyl halides is 2. The number of rotatable bonds is 4. The summed E-state index contributed by atoms with van der Waals surface area (Å²) in [6, 6.07) is 1.95. The fourth-order valence-electron chi connectivity index (χ4n) is 1.28. The van der Waals surface area contributed by atoms with Gasteiger partial charge in [0.15, 0.2) is 0 Å². The third-order valence-electron chi connectivity index (χ3n) is 2.28. The Morgan fingerprint density at radius 1 is 1.29 bits per heavy atom. The normalized spacial score (nSPS) is 16.0.